The second kappa shape index (κ2) is 3.97. The fourth-order valence-corrected chi connectivity index (χ4v) is 1.97. The number of rotatable bonds is 2. The van der Waals surface area contributed by atoms with Gasteiger partial charge in [0.1, 0.15) is 0 Å². The molecule has 0 bridgehead atoms. The van der Waals surface area contributed by atoms with E-state index in [0.717, 1.165) is 11.1 Å². The van der Waals surface area contributed by atoms with Gasteiger partial charge in [-0.05, 0) is 24.6 Å². The Hall–Kier alpha value is -0.470. The lowest BCUT2D eigenvalue weighted by Crippen LogP contribution is -1.95. The molecule has 0 N–H and O–H groups in total. The van der Waals surface area contributed by atoms with Gasteiger partial charge in [0.15, 0.2) is 0 Å². The molecule has 0 spiro atoms. The van der Waals surface area contributed by atoms with Gasteiger partial charge in [-0.2, -0.15) is 0 Å². The second-order valence-corrected chi connectivity index (χ2v) is 3.91. The molecular weight excluding hydrogens is 192 g/mol. The van der Waals surface area contributed by atoms with Crippen molar-refractivity contribution in [2.24, 2.45) is 0 Å². The van der Waals surface area contributed by atoms with Crippen LogP contribution in [0.15, 0.2) is 12.1 Å². The summed E-state index contributed by atoms with van der Waals surface area (Å²) in [4.78, 5) is 0. The van der Waals surface area contributed by atoms with Crippen molar-refractivity contribution < 1.29 is 4.21 Å². The molecule has 1 radical (unpaired) electrons. The molecule has 0 amide bonds. The quantitative estimate of drug-likeness (QED) is 0.671. The zero-order valence-corrected chi connectivity index (χ0v) is 8.50. The maximum absolute atomic E-state index is 10.6. The molecule has 3 heteroatoms. The highest BCUT2D eigenvalue weighted by Crippen LogP contribution is 2.26. The van der Waals surface area contributed by atoms with Gasteiger partial charge in [-0.3, -0.25) is 0 Å². The van der Waals surface area contributed by atoms with Crippen molar-refractivity contribution in [2.45, 2.75) is 19.1 Å². The molecule has 0 heterocycles. The summed E-state index contributed by atoms with van der Waals surface area (Å²) in [6.45, 7) is 3.76. The summed E-state index contributed by atoms with van der Waals surface area (Å²) in [5.74, 6) is 0. The lowest BCUT2D eigenvalue weighted by Gasteiger charge is -2.02. The summed E-state index contributed by atoms with van der Waals surface area (Å²) in [6, 6.07) is 6.55. The van der Waals surface area contributed by atoms with E-state index >= 15 is 0 Å². The zero-order chi connectivity index (χ0) is 9.14. The van der Waals surface area contributed by atoms with Gasteiger partial charge in [-0.15, -0.1) is 0 Å². The van der Waals surface area contributed by atoms with E-state index < -0.39 is 0 Å². The Kier molecular flexibility index (Phi) is 3.18. The summed E-state index contributed by atoms with van der Waals surface area (Å²) in [5.41, 5.74) is 1.86. The summed E-state index contributed by atoms with van der Waals surface area (Å²) in [7, 11) is 0. The van der Waals surface area contributed by atoms with Gasteiger partial charge in [0.05, 0.1) is 0 Å². The van der Waals surface area contributed by atoms with Crippen molar-refractivity contribution >= 4 is 23.3 Å². The SMILES string of the molecule is Cc1[c]ccc(Cl)c1C(C)[S+]=O. The van der Waals surface area contributed by atoms with Gasteiger partial charge in [0, 0.05) is 21.7 Å². The Morgan fingerprint density at radius 1 is 1.67 bits per heavy atom. The minimum atomic E-state index is -0.102. The molecular formula is C9H9ClOS+. The lowest BCUT2D eigenvalue weighted by molar-refractivity contribution is 0.600. The average Bonchev–Trinajstić information content (AvgIpc) is 2.03. The summed E-state index contributed by atoms with van der Waals surface area (Å²) in [6.07, 6.45) is 0. The molecule has 0 aliphatic rings. The molecule has 0 saturated heterocycles. The lowest BCUT2D eigenvalue weighted by atomic mass is 10.1. The molecule has 1 rings (SSSR count). The summed E-state index contributed by atoms with van der Waals surface area (Å²) in [5, 5.41) is 0.553. The van der Waals surface area contributed by atoms with E-state index in [9.17, 15) is 4.21 Å². The Morgan fingerprint density at radius 2 is 2.33 bits per heavy atom. The first-order chi connectivity index (χ1) is 5.66. The number of hydrogen-bond donors (Lipinski definition) is 0. The number of aryl methyl sites for hydroxylation is 1. The molecule has 0 aliphatic heterocycles. The first-order valence-corrected chi connectivity index (χ1v) is 4.80. The van der Waals surface area contributed by atoms with Gasteiger partial charge < -0.3 is 0 Å². The Morgan fingerprint density at radius 3 is 2.83 bits per heavy atom. The van der Waals surface area contributed by atoms with Crippen molar-refractivity contribution in [1.82, 2.24) is 0 Å². The maximum Gasteiger partial charge on any atom is 0.466 e. The van der Waals surface area contributed by atoms with Crippen LogP contribution in [0.3, 0.4) is 0 Å². The van der Waals surface area contributed by atoms with Crippen molar-refractivity contribution in [3.63, 3.8) is 0 Å². The smallest absolute Gasteiger partial charge is 0.0838 e. The molecule has 0 fully saturated rings. The largest absolute Gasteiger partial charge is 0.466 e. The van der Waals surface area contributed by atoms with Crippen LogP contribution in [0.2, 0.25) is 5.02 Å². The van der Waals surface area contributed by atoms with E-state index in [-0.39, 0.29) is 5.25 Å². The highest BCUT2D eigenvalue weighted by Gasteiger charge is 2.22. The van der Waals surface area contributed by atoms with Crippen LogP contribution in [0.4, 0.5) is 0 Å². The number of hydrogen-bond acceptors (Lipinski definition) is 1. The van der Waals surface area contributed by atoms with Crippen LogP contribution >= 0.6 is 11.6 Å². The number of benzene rings is 1. The van der Waals surface area contributed by atoms with Crippen LogP contribution in [0, 0.1) is 13.0 Å². The van der Waals surface area contributed by atoms with Crippen molar-refractivity contribution in [3.8, 4) is 0 Å². The molecule has 1 nitrogen and oxygen atoms in total. The highest BCUT2D eigenvalue weighted by atomic mass is 35.5. The average molecular weight is 201 g/mol. The molecule has 0 saturated carbocycles. The second-order valence-electron chi connectivity index (χ2n) is 2.60. The van der Waals surface area contributed by atoms with Crippen LogP contribution in [-0.2, 0) is 15.9 Å². The molecule has 1 atom stereocenters. The first kappa shape index (κ1) is 9.62. The van der Waals surface area contributed by atoms with E-state index in [1.165, 1.54) is 0 Å². The highest BCUT2D eigenvalue weighted by molar-refractivity contribution is 7.65. The van der Waals surface area contributed by atoms with Crippen LogP contribution in [0.5, 0.6) is 0 Å². The van der Waals surface area contributed by atoms with Gasteiger partial charge in [-0.25, -0.2) is 0 Å². The fraction of sp³-hybridized carbons (Fsp3) is 0.333. The van der Waals surface area contributed by atoms with E-state index in [0.29, 0.717) is 16.7 Å². The predicted molar refractivity (Wildman–Crippen MR) is 51.5 cm³/mol. The van der Waals surface area contributed by atoms with Gasteiger partial charge >= 0.3 is 11.7 Å². The van der Waals surface area contributed by atoms with E-state index in [4.69, 9.17) is 11.6 Å². The molecule has 63 valence electrons. The molecule has 1 unspecified atom stereocenters. The molecule has 0 aromatic heterocycles. The Balaban J connectivity index is 3.20. The summed E-state index contributed by atoms with van der Waals surface area (Å²) >= 11 is 6.48. The van der Waals surface area contributed by atoms with Crippen LogP contribution in [0.1, 0.15) is 23.3 Å². The van der Waals surface area contributed by atoms with Crippen LogP contribution in [0.25, 0.3) is 0 Å². The molecule has 1 aromatic carbocycles. The third-order valence-electron chi connectivity index (χ3n) is 1.74. The third-order valence-corrected chi connectivity index (χ3v) is 2.60. The standard InChI is InChI=1S/C9H9ClOS/c1-6-4-3-5-8(10)9(6)7(2)12-11/h3,5,7H,1-2H3/q+1. The Bertz CT molecular complexity index is 278. The van der Waals surface area contributed by atoms with Crippen molar-refractivity contribution in [2.75, 3.05) is 0 Å². The van der Waals surface area contributed by atoms with E-state index in [1.807, 2.05) is 13.8 Å². The van der Waals surface area contributed by atoms with E-state index in [2.05, 4.69) is 6.07 Å². The molecule has 12 heavy (non-hydrogen) atoms. The van der Waals surface area contributed by atoms with Crippen LogP contribution in [-0.4, -0.2) is 0 Å². The number of halogens is 1. The van der Waals surface area contributed by atoms with Gasteiger partial charge in [-0.1, -0.05) is 17.7 Å². The predicted octanol–water partition coefficient (Wildman–Crippen LogP) is 2.94. The van der Waals surface area contributed by atoms with Crippen LogP contribution < -0.4 is 0 Å². The first-order valence-electron chi connectivity index (χ1n) is 3.62. The summed E-state index contributed by atoms with van der Waals surface area (Å²) < 4.78 is 10.6. The zero-order valence-electron chi connectivity index (χ0n) is 6.93. The van der Waals surface area contributed by atoms with Gasteiger partial charge in [0.25, 0.3) is 5.25 Å². The van der Waals surface area contributed by atoms with E-state index in [1.54, 1.807) is 12.1 Å². The topological polar surface area (TPSA) is 17.1 Å². The van der Waals surface area contributed by atoms with Gasteiger partial charge in [0.2, 0.25) is 0 Å². The molecule has 0 aliphatic carbocycles. The minimum Gasteiger partial charge on any atom is -0.0838 e. The third kappa shape index (κ3) is 1.82. The normalized spacial score (nSPS) is 12.6. The van der Waals surface area contributed by atoms with Crippen molar-refractivity contribution in [1.29, 1.82) is 0 Å². The monoisotopic (exact) mass is 200 g/mol. The maximum atomic E-state index is 10.6. The minimum absolute atomic E-state index is 0.102. The Labute approximate surface area is 81.2 Å². The fourth-order valence-electron chi connectivity index (χ4n) is 1.13. The molecule has 1 aromatic rings. The van der Waals surface area contributed by atoms with Crippen molar-refractivity contribution in [3.05, 3.63) is 34.3 Å².